The number of nitrogens with zero attached hydrogens (tertiary/aromatic N) is 2. The maximum absolute atomic E-state index is 4.56. The number of aryl methyl sites for hydroxylation is 1. The van der Waals surface area contributed by atoms with Crippen molar-refractivity contribution in [2.45, 2.75) is 39.9 Å². The molecule has 1 N–H and O–H groups in total. The SMILES string of the molecule is Cc1cccc(Cn2ccc(CNC(C)C)n2)c1. The molecule has 0 amide bonds. The Morgan fingerprint density at radius 2 is 2.11 bits per heavy atom. The number of hydrogen-bond acceptors (Lipinski definition) is 2. The molecule has 96 valence electrons. The van der Waals surface area contributed by atoms with Crippen molar-refractivity contribution >= 4 is 0 Å². The summed E-state index contributed by atoms with van der Waals surface area (Å²) in [6.07, 6.45) is 2.04. The molecule has 0 spiro atoms. The third-order valence-corrected chi connectivity index (χ3v) is 2.81. The lowest BCUT2D eigenvalue weighted by Crippen LogP contribution is -2.22. The van der Waals surface area contributed by atoms with E-state index in [1.807, 2.05) is 10.9 Å². The van der Waals surface area contributed by atoms with E-state index in [1.165, 1.54) is 11.1 Å². The van der Waals surface area contributed by atoms with Crippen molar-refractivity contribution < 1.29 is 0 Å². The van der Waals surface area contributed by atoms with Crippen LogP contribution in [0.4, 0.5) is 0 Å². The zero-order valence-electron chi connectivity index (χ0n) is 11.4. The first-order valence-corrected chi connectivity index (χ1v) is 6.45. The lowest BCUT2D eigenvalue weighted by Gasteiger charge is -2.05. The fraction of sp³-hybridized carbons (Fsp3) is 0.400. The third kappa shape index (κ3) is 3.70. The van der Waals surface area contributed by atoms with Gasteiger partial charge in [-0.05, 0) is 18.6 Å². The maximum atomic E-state index is 4.56. The molecule has 1 aromatic heterocycles. The van der Waals surface area contributed by atoms with Crippen LogP contribution < -0.4 is 5.32 Å². The van der Waals surface area contributed by atoms with E-state index in [0.717, 1.165) is 18.8 Å². The summed E-state index contributed by atoms with van der Waals surface area (Å²) in [5, 5.41) is 7.93. The van der Waals surface area contributed by atoms with Gasteiger partial charge in [0.15, 0.2) is 0 Å². The molecule has 3 nitrogen and oxygen atoms in total. The number of benzene rings is 1. The molecule has 0 saturated carbocycles. The number of rotatable bonds is 5. The minimum atomic E-state index is 0.493. The zero-order valence-corrected chi connectivity index (χ0v) is 11.4. The van der Waals surface area contributed by atoms with Crippen LogP contribution in [-0.4, -0.2) is 15.8 Å². The second kappa shape index (κ2) is 5.83. The van der Waals surface area contributed by atoms with Gasteiger partial charge in [-0.1, -0.05) is 43.7 Å². The molecule has 0 aliphatic carbocycles. The van der Waals surface area contributed by atoms with E-state index in [1.54, 1.807) is 0 Å². The van der Waals surface area contributed by atoms with E-state index >= 15 is 0 Å². The Hall–Kier alpha value is -1.61. The van der Waals surface area contributed by atoms with Gasteiger partial charge in [0.2, 0.25) is 0 Å². The van der Waals surface area contributed by atoms with E-state index in [4.69, 9.17) is 0 Å². The molecule has 0 unspecified atom stereocenters. The summed E-state index contributed by atoms with van der Waals surface area (Å²) in [6.45, 7) is 8.07. The largest absolute Gasteiger partial charge is 0.309 e. The Bertz CT molecular complexity index is 500. The minimum Gasteiger partial charge on any atom is -0.309 e. The van der Waals surface area contributed by atoms with E-state index in [0.29, 0.717) is 6.04 Å². The highest BCUT2D eigenvalue weighted by Gasteiger charge is 2.01. The molecule has 1 heterocycles. The normalized spacial score (nSPS) is 11.1. The van der Waals surface area contributed by atoms with Crippen molar-refractivity contribution in [1.29, 1.82) is 0 Å². The highest BCUT2D eigenvalue weighted by atomic mass is 15.3. The standard InChI is InChI=1S/C15H21N3/c1-12(2)16-10-15-7-8-18(17-15)11-14-6-4-5-13(3)9-14/h4-9,12,16H,10-11H2,1-3H3. The molecule has 18 heavy (non-hydrogen) atoms. The number of hydrogen-bond donors (Lipinski definition) is 1. The van der Waals surface area contributed by atoms with Crippen LogP contribution >= 0.6 is 0 Å². The zero-order chi connectivity index (χ0) is 13.0. The van der Waals surface area contributed by atoms with Crippen molar-refractivity contribution in [1.82, 2.24) is 15.1 Å². The monoisotopic (exact) mass is 243 g/mol. The second-order valence-corrected chi connectivity index (χ2v) is 5.03. The van der Waals surface area contributed by atoms with Gasteiger partial charge in [0.05, 0.1) is 12.2 Å². The third-order valence-electron chi connectivity index (χ3n) is 2.81. The van der Waals surface area contributed by atoms with Gasteiger partial charge in [-0.15, -0.1) is 0 Å². The van der Waals surface area contributed by atoms with E-state index < -0.39 is 0 Å². The fourth-order valence-corrected chi connectivity index (χ4v) is 1.89. The average Bonchev–Trinajstić information content (AvgIpc) is 2.74. The van der Waals surface area contributed by atoms with Crippen LogP contribution in [0.1, 0.15) is 30.7 Å². The summed E-state index contributed by atoms with van der Waals surface area (Å²) in [4.78, 5) is 0. The van der Waals surface area contributed by atoms with Gasteiger partial charge in [0, 0.05) is 18.8 Å². The number of nitrogens with one attached hydrogen (secondary N) is 1. The summed E-state index contributed by atoms with van der Waals surface area (Å²) < 4.78 is 1.99. The maximum Gasteiger partial charge on any atom is 0.0762 e. The Morgan fingerprint density at radius 1 is 1.28 bits per heavy atom. The molecule has 2 aromatic rings. The van der Waals surface area contributed by atoms with Crippen LogP contribution in [-0.2, 0) is 13.1 Å². The van der Waals surface area contributed by atoms with E-state index in [9.17, 15) is 0 Å². The van der Waals surface area contributed by atoms with Gasteiger partial charge in [-0.3, -0.25) is 4.68 Å². The quantitative estimate of drug-likeness (QED) is 0.875. The van der Waals surface area contributed by atoms with Crippen molar-refractivity contribution in [3.05, 3.63) is 53.3 Å². The second-order valence-electron chi connectivity index (χ2n) is 5.03. The molecule has 0 saturated heterocycles. The highest BCUT2D eigenvalue weighted by Crippen LogP contribution is 2.06. The summed E-state index contributed by atoms with van der Waals surface area (Å²) in [6, 6.07) is 11.1. The van der Waals surface area contributed by atoms with Gasteiger partial charge >= 0.3 is 0 Å². The summed E-state index contributed by atoms with van der Waals surface area (Å²) in [7, 11) is 0. The molecule has 2 rings (SSSR count). The predicted molar refractivity (Wildman–Crippen MR) is 74.5 cm³/mol. The van der Waals surface area contributed by atoms with E-state index in [-0.39, 0.29) is 0 Å². The molecule has 0 atom stereocenters. The first-order valence-electron chi connectivity index (χ1n) is 6.45. The molecule has 0 fully saturated rings. The molecule has 0 aliphatic heterocycles. The van der Waals surface area contributed by atoms with Crippen molar-refractivity contribution in [3.63, 3.8) is 0 Å². The summed E-state index contributed by atoms with van der Waals surface area (Å²) in [5.74, 6) is 0. The molecule has 0 aliphatic rings. The lowest BCUT2D eigenvalue weighted by atomic mass is 10.1. The van der Waals surface area contributed by atoms with Crippen LogP contribution in [0.5, 0.6) is 0 Å². The van der Waals surface area contributed by atoms with Crippen molar-refractivity contribution in [3.8, 4) is 0 Å². The Balaban J connectivity index is 1.98. The van der Waals surface area contributed by atoms with Crippen molar-refractivity contribution in [2.24, 2.45) is 0 Å². The molecule has 3 heteroatoms. The highest BCUT2D eigenvalue weighted by molar-refractivity contribution is 5.22. The van der Waals surface area contributed by atoms with Gasteiger partial charge in [-0.25, -0.2) is 0 Å². The lowest BCUT2D eigenvalue weighted by molar-refractivity contribution is 0.570. The molecular formula is C15H21N3. The summed E-state index contributed by atoms with van der Waals surface area (Å²) in [5.41, 5.74) is 3.68. The molecular weight excluding hydrogens is 222 g/mol. The summed E-state index contributed by atoms with van der Waals surface area (Å²) >= 11 is 0. The Kier molecular flexibility index (Phi) is 4.15. The van der Waals surface area contributed by atoms with Crippen LogP contribution in [0.15, 0.2) is 36.5 Å². The van der Waals surface area contributed by atoms with Crippen LogP contribution in [0.2, 0.25) is 0 Å². The molecule has 0 bridgehead atoms. The van der Waals surface area contributed by atoms with Crippen LogP contribution in [0, 0.1) is 6.92 Å². The molecule has 1 aromatic carbocycles. The number of aromatic nitrogens is 2. The fourth-order valence-electron chi connectivity index (χ4n) is 1.89. The van der Waals surface area contributed by atoms with Gasteiger partial charge < -0.3 is 5.32 Å². The topological polar surface area (TPSA) is 29.9 Å². The van der Waals surface area contributed by atoms with Gasteiger partial charge in [0.1, 0.15) is 0 Å². The molecule has 0 radical (unpaired) electrons. The van der Waals surface area contributed by atoms with Gasteiger partial charge in [-0.2, -0.15) is 5.10 Å². The smallest absolute Gasteiger partial charge is 0.0762 e. The average molecular weight is 243 g/mol. The van der Waals surface area contributed by atoms with Gasteiger partial charge in [0.25, 0.3) is 0 Å². The predicted octanol–water partition coefficient (Wildman–Crippen LogP) is 2.74. The van der Waals surface area contributed by atoms with E-state index in [2.05, 4.69) is 61.5 Å². The van der Waals surface area contributed by atoms with Crippen LogP contribution in [0.3, 0.4) is 0 Å². The minimum absolute atomic E-state index is 0.493. The first kappa shape index (κ1) is 12.8. The van der Waals surface area contributed by atoms with Crippen LogP contribution in [0.25, 0.3) is 0 Å². The first-order chi connectivity index (χ1) is 8.63. The Labute approximate surface area is 109 Å². The van der Waals surface area contributed by atoms with Crippen molar-refractivity contribution in [2.75, 3.05) is 0 Å². The Morgan fingerprint density at radius 3 is 2.83 bits per heavy atom.